The van der Waals surface area contributed by atoms with Crippen molar-refractivity contribution < 1.29 is 31.1 Å². The van der Waals surface area contributed by atoms with Crippen LogP contribution < -0.4 is 5.32 Å². The summed E-state index contributed by atoms with van der Waals surface area (Å²) in [6, 6.07) is 7.86. The highest BCUT2D eigenvalue weighted by Crippen LogP contribution is 2.54. The van der Waals surface area contributed by atoms with E-state index >= 15 is 0 Å². The molecule has 0 bridgehead atoms. The van der Waals surface area contributed by atoms with Gasteiger partial charge in [0.15, 0.2) is 0 Å². The quantitative estimate of drug-likeness (QED) is 0.336. The van der Waals surface area contributed by atoms with Crippen molar-refractivity contribution in [2.45, 2.75) is 38.0 Å². The first-order valence-electron chi connectivity index (χ1n) is 8.76. The Morgan fingerprint density at radius 1 is 1.10 bits per heavy atom. The smallest absolute Gasteiger partial charge is 0.321 e. The van der Waals surface area contributed by atoms with Gasteiger partial charge in [0.1, 0.15) is 0 Å². The Labute approximate surface area is 178 Å². The van der Waals surface area contributed by atoms with E-state index in [1.54, 1.807) is 24.3 Å². The summed E-state index contributed by atoms with van der Waals surface area (Å²) < 4.78 is 82.6. The summed E-state index contributed by atoms with van der Waals surface area (Å²) in [5, 5.41) is 2.51. The van der Waals surface area contributed by atoms with Crippen LogP contribution in [0, 0.1) is 6.92 Å². The van der Waals surface area contributed by atoms with Crippen LogP contribution in [0.15, 0.2) is 53.5 Å². The highest BCUT2D eigenvalue weighted by molar-refractivity contribution is 9.10. The number of carbonyl (C=O) groups is 1. The molecule has 0 radical (unpaired) electrons. The molecule has 0 saturated heterocycles. The maximum atomic E-state index is 14.8. The normalized spacial score (nSPS) is 14.2. The molecule has 1 unspecified atom stereocenters. The Bertz CT molecular complexity index is 932. The molecule has 162 valence electrons. The third-order valence-corrected chi connectivity index (χ3v) is 5.28. The average Bonchev–Trinajstić information content (AvgIpc) is 2.68. The number of hydrogen-bond donors (Lipinski definition) is 1. The maximum Gasteiger partial charge on any atom is 0.433 e. The Morgan fingerprint density at radius 3 is 2.10 bits per heavy atom. The fourth-order valence-corrected chi connectivity index (χ4v) is 3.52. The first-order valence-corrected chi connectivity index (χ1v) is 9.55. The lowest BCUT2D eigenvalue weighted by Gasteiger charge is -2.34. The van der Waals surface area contributed by atoms with Gasteiger partial charge in [-0.2, -0.15) is 22.0 Å². The van der Waals surface area contributed by atoms with Gasteiger partial charge in [0.05, 0.1) is 5.69 Å². The fourth-order valence-electron chi connectivity index (χ4n) is 2.86. The monoisotopic (exact) mass is 493 g/mol. The number of nitrogens with one attached hydrogen (secondary N) is 1. The number of halogens is 7. The van der Waals surface area contributed by atoms with E-state index in [4.69, 9.17) is 0 Å². The Balaban J connectivity index is 2.47. The lowest BCUT2D eigenvalue weighted by molar-refractivity contribution is -0.296. The minimum atomic E-state index is -5.91. The zero-order chi connectivity index (χ0) is 22.9. The molecule has 0 aliphatic rings. The van der Waals surface area contributed by atoms with Crippen LogP contribution in [0.3, 0.4) is 0 Å². The van der Waals surface area contributed by atoms with Crippen LogP contribution in [0.5, 0.6) is 0 Å². The second-order valence-corrected chi connectivity index (χ2v) is 7.49. The van der Waals surface area contributed by atoms with Gasteiger partial charge >= 0.3 is 12.1 Å². The van der Waals surface area contributed by atoms with Crippen molar-refractivity contribution in [1.29, 1.82) is 0 Å². The number of hydrogen-bond acceptors (Lipinski definition) is 1. The Kier molecular flexibility index (Phi) is 6.76. The van der Waals surface area contributed by atoms with Gasteiger partial charge in [-0.25, -0.2) is 4.39 Å². The highest BCUT2D eigenvalue weighted by atomic mass is 79.9. The van der Waals surface area contributed by atoms with E-state index in [0.717, 1.165) is 12.0 Å². The van der Waals surface area contributed by atoms with Crippen LogP contribution in [0.2, 0.25) is 0 Å². The summed E-state index contributed by atoms with van der Waals surface area (Å²) in [6.07, 6.45) is -5.52. The topological polar surface area (TPSA) is 29.1 Å². The molecule has 0 fully saturated rings. The first kappa shape index (κ1) is 24.0. The predicted molar refractivity (Wildman–Crippen MR) is 107 cm³/mol. The van der Waals surface area contributed by atoms with E-state index in [1.807, 2.05) is 6.92 Å². The first-order chi connectivity index (χ1) is 13.8. The molecule has 0 saturated carbocycles. The Hall–Kier alpha value is -2.29. The van der Waals surface area contributed by atoms with E-state index in [0.29, 0.717) is 12.1 Å². The maximum absolute atomic E-state index is 14.8. The van der Waals surface area contributed by atoms with E-state index < -0.39 is 29.2 Å². The number of anilines is 1. The van der Waals surface area contributed by atoms with Crippen molar-refractivity contribution in [3.05, 3.63) is 75.8 Å². The van der Waals surface area contributed by atoms with E-state index in [9.17, 15) is 31.1 Å². The number of benzene rings is 2. The zero-order valence-electron chi connectivity index (χ0n) is 16.0. The molecule has 0 heterocycles. The van der Waals surface area contributed by atoms with E-state index in [-0.39, 0.29) is 27.4 Å². The summed E-state index contributed by atoms with van der Waals surface area (Å²) in [5.74, 6) is -5.48. The summed E-state index contributed by atoms with van der Waals surface area (Å²) in [4.78, 5) is 12.4. The molecule has 1 atom stereocenters. The largest absolute Gasteiger partial charge is 0.433 e. The van der Waals surface area contributed by atoms with Crippen LogP contribution in [-0.4, -0.2) is 18.0 Å². The van der Waals surface area contributed by atoms with Crippen molar-refractivity contribution in [1.82, 2.24) is 0 Å². The van der Waals surface area contributed by atoms with Gasteiger partial charge < -0.3 is 5.32 Å². The van der Waals surface area contributed by atoms with Gasteiger partial charge in [-0.05, 0) is 64.7 Å². The second kappa shape index (κ2) is 8.45. The van der Waals surface area contributed by atoms with Crippen LogP contribution in [0.1, 0.15) is 34.0 Å². The van der Waals surface area contributed by atoms with Crippen molar-refractivity contribution in [2.75, 3.05) is 5.32 Å². The predicted octanol–water partition coefficient (Wildman–Crippen LogP) is 7.12. The minimum absolute atomic E-state index is 0.0368. The highest BCUT2D eigenvalue weighted by Gasteiger charge is 2.71. The molecular formula is C21H18BrF6NO. The molecule has 0 aliphatic carbocycles. The van der Waals surface area contributed by atoms with Gasteiger partial charge in [0.2, 0.25) is 0 Å². The molecule has 2 rings (SSSR count). The van der Waals surface area contributed by atoms with E-state index in [2.05, 4.69) is 27.8 Å². The molecule has 1 amide bonds. The van der Waals surface area contributed by atoms with E-state index in [1.165, 1.54) is 6.92 Å². The molecule has 2 nitrogen and oxygen atoms in total. The van der Waals surface area contributed by atoms with Crippen molar-refractivity contribution in [2.24, 2.45) is 0 Å². The van der Waals surface area contributed by atoms with Gasteiger partial charge in [0, 0.05) is 15.6 Å². The molecule has 9 heteroatoms. The summed E-state index contributed by atoms with van der Waals surface area (Å²) in [7, 11) is 0. The van der Waals surface area contributed by atoms with Gasteiger partial charge in [-0.1, -0.05) is 31.7 Å². The second-order valence-electron chi connectivity index (χ2n) is 6.64. The summed E-state index contributed by atoms with van der Waals surface area (Å²) >= 11 is 2.95. The average molecular weight is 494 g/mol. The molecule has 0 aromatic heterocycles. The lowest BCUT2D eigenvalue weighted by Crippen LogP contribution is -2.51. The Morgan fingerprint density at radius 2 is 1.67 bits per heavy atom. The SMILES string of the molecule is C=CC(F)(F)C(F)(c1cc(C)c(NC(=O)c2ccc(CC)cc2)c(Br)c1)C(F)(F)F. The molecule has 2 aromatic rings. The molecule has 0 spiro atoms. The van der Waals surface area contributed by atoms with Crippen LogP contribution >= 0.6 is 15.9 Å². The molecule has 1 N–H and O–H groups in total. The van der Waals surface area contributed by atoms with Gasteiger partial charge in [0.25, 0.3) is 11.6 Å². The molecule has 2 aromatic carbocycles. The number of amides is 1. The van der Waals surface area contributed by atoms with Crippen molar-refractivity contribution in [3.63, 3.8) is 0 Å². The number of carbonyl (C=O) groups excluding carboxylic acids is 1. The molecule has 0 aliphatic heterocycles. The standard InChI is InChI=1S/C21H18BrF6NO/c1-4-13-6-8-14(9-7-13)18(30)29-17-12(3)10-15(11-16(17)22)20(25,21(26,27)28)19(23,24)5-2/h5-11H,2,4H2,1,3H3,(H,29,30). The number of allylic oxidation sites excluding steroid dienone is 1. The minimum Gasteiger partial charge on any atom is -0.321 e. The van der Waals surface area contributed by atoms with Crippen LogP contribution in [0.4, 0.5) is 32.0 Å². The number of rotatable bonds is 6. The van der Waals surface area contributed by atoms with Gasteiger partial charge in [-0.3, -0.25) is 4.79 Å². The van der Waals surface area contributed by atoms with Crippen molar-refractivity contribution in [3.8, 4) is 0 Å². The van der Waals surface area contributed by atoms with Crippen LogP contribution in [0.25, 0.3) is 0 Å². The summed E-state index contributed by atoms with van der Waals surface area (Å²) in [6.45, 7) is 5.84. The van der Waals surface area contributed by atoms with Crippen LogP contribution in [-0.2, 0) is 12.1 Å². The van der Waals surface area contributed by atoms with Gasteiger partial charge in [-0.15, -0.1) is 0 Å². The lowest BCUT2D eigenvalue weighted by atomic mass is 9.87. The van der Waals surface area contributed by atoms with Crippen molar-refractivity contribution >= 4 is 27.5 Å². The molecular weight excluding hydrogens is 476 g/mol. The zero-order valence-corrected chi connectivity index (χ0v) is 17.6. The summed E-state index contributed by atoms with van der Waals surface area (Å²) in [5.41, 5.74) is -5.01. The fraction of sp³-hybridized carbons (Fsp3) is 0.286. The third kappa shape index (κ3) is 4.26. The third-order valence-electron chi connectivity index (χ3n) is 4.65. The molecule has 30 heavy (non-hydrogen) atoms. The number of aryl methyl sites for hydroxylation is 2. The number of alkyl halides is 6.